The normalized spacial score (nSPS) is 11.8. The zero-order valence-corrected chi connectivity index (χ0v) is 17.2. The van der Waals surface area contributed by atoms with Crippen molar-refractivity contribution in [1.29, 1.82) is 0 Å². The van der Waals surface area contributed by atoms with E-state index in [1.54, 1.807) is 42.6 Å². The highest BCUT2D eigenvalue weighted by atomic mass is 19.4. The van der Waals surface area contributed by atoms with Crippen molar-refractivity contribution in [2.45, 2.75) is 26.4 Å². The number of H-pyrrole nitrogens is 1. The van der Waals surface area contributed by atoms with Crippen LogP contribution in [0.1, 0.15) is 25.0 Å². The van der Waals surface area contributed by atoms with Crippen LogP contribution in [0, 0.1) is 5.92 Å². The first-order valence-electron chi connectivity index (χ1n) is 10.1. The fourth-order valence-corrected chi connectivity index (χ4v) is 3.73. The van der Waals surface area contributed by atoms with Gasteiger partial charge in [0, 0.05) is 17.3 Å². The van der Waals surface area contributed by atoms with E-state index in [2.05, 4.69) is 29.0 Å². The summed E-state index contributed by atoms with van der Waals surface area (Å²) in [7, 11) is 0. The highest BCUT2D eigenvalue weighted by Crippen LogP contribution is 2.42. The third-order valence-corrected chi connectivity index (χ3v) is 5.06. The van der Waals surface area contributed by atoms with E-state index in [1.165, 1.54) is 0 Å². The van der Waals surface area contributed by atoms with Crippen molar-refractivity contribution in [2.75, 3.05) is 0 Å². The molecule has 1 N–H and O–H groups in total. The number of pyridine rings is 1. The molecule has 0 fully saturated rings. The van der Waals surface area contributed by atoms with Crippen LogP contribution in [0.15, 0.2) is 72.9 Å². The highest BCUT2D eigenvalue weighted by molar-refractivity contribution is 5.75. The van der Waals surface area contributed by atoms with Gasteiger partial charge in [-0.05, 0) is 29.5 Å². The summed E-state index contributed by atoms with van der Waals surface area (Å²) in [6.07, 6.45) is -2.20. The molecule has 0 saturated carbocycles. The smallest absolute Gasteiger partial charge is 0.275 e. The van der Waals surface area contributed by atoms with Crippen molar-refractivity contribution in [3.05, 3.63) is 84.1 Å². The van der Waals surface area contributed by atoms with E-state index in [9.17, 15) is 13.2 Å². The third kappa shape index (κ3) is 4.38. The summed E-state index contributed by atoms with van der Waals surface area (Å²) in [5, 5.41) is 6.62. The Bertz CT molecular complexity index is 1160. The van der Waals surface area contributed by atoms with E-state index in [-0.39, 0.29) is 17.1 Å². The van der Waals surface area contributed by atoms with Crippen LogP contribution in [-0.4, -0.2) is 15.2 Å². The van der Waals surface area contributed by atoms with Crippen LogP contribution in [0.25, 0.3) is 33.8 Å². The Balaban J connectivity index is 1.88. The van der Waals surface area contributed by atoms with Gasteiger partial charge in [0.05, 0.1) is 11.4 Å². The molecule has 3 nitrogen and oxygen atoms in total. The monoisotopic (exact) mass is 421 g/mol. The molecule has 0 radical (unpaired) electrons. The van der Waals surface area contributed by atoms with E-state index in [0.717, 1.165) is 23.1 Å². The van der Waals surface area contributed by atoms with Gasteiger partial charge in [0.25, 0.3) is 0 Å². The zero-order chi connectivity index (χ0) is 22.0. The Morgan fingerprint density at radius 3 is 2.10 bits per heavy atom. The van der Waals surface area contributed by atoms with Gasteiger partial charge in [-0.15, -0.1) is 0 Å². The molecule has 0 unspecified atom stereocenters. The minimum absolute atomic E-state index is 0.115. The number of halogens is 3. The van der Waals surface area contributed by atoms with Gasteiger partial charge in [-0.1, -0.05) is 74.5 Å². The summed E-state index contributed by atoms with van der Waals surface area (Å²) < 4.78 is 42.2. The van der Waals surface area contributed by atoms with Crippen LogP contribution in [0.3, 0.4) is 0 Å². The van der Waals surface area contributed by atoms with Crippen molar-refractivity contribution in [3.63, 3.8) is 0 Å². The summed E-state index contributed by atoms with van der Waals surface area (Å²) in [5.74, 6) is 0.335. The zero-order valence-electron chi connectivity index (χ0n) is 17.2. The highest BCUT2D eigenvalue weighted by Gasteiger charge is 2.40. The number of hydrogen-bond donors (Lipinski definition) is 1. The van der Waals surface area contributed by atoms with Crippen molar-refractivity contribution >= 4 is 0 Å². The van der Waals surface area contributed by atoms with Crippen molar-refractivity contribution in [1.82, 2.24) is 15.2 Å². The molecule has 2 aromatic heterocycles. The molecule has 158 valence electrons. The second kappa shape index (κ2) is 8.38. The molecular formula is C25H22F3N3. The number of alkyl halides is 3. The van der Waals surface area contributed by atoms with Crippen LogP contribution < -0.4 is 0 Å². The van der Waals surface area contributed by atoms with Crippen molar-refractivity contribution in [2.24, 2.45) is 5.92 Å². The van der Waals surface area contributed by atoms with Crippen molar-refractivity contribution < 1.29 is 13.2 Å². The molecule has 0 aliphatic carbocycles. The molecule has 0 spiro atoms. The number of nitrogens with zero attached hydrogens (tertiary/aromatic N) is 2. The molecule has 6 heteroatoms. The molecule has 0 atom stereocenters. The van der Waals surface area contributed by atoms with Crippen LogP contribution >= 0.6 is 0 Å². The van der Waals surface area contributed by atoms with Crippen molar-refractivity contribution in [3.8, 4) is 33.8 Å². The van der Waals surface area contributed by atoms with E-state index < -0.39 is 11.7 Å². The molecule has 4 rings (SSSR count). The molecule has 4 aromatic rings. The topological polar surface area (TPSA) is 41.6 Å². The first-order chi connectivity index (χ1) is 14.8. The van der Waals surface area contributed by atoms with Gasteiger partial charge >= 0.3 is 6.18 Å². The van der Waals surface area contributed by atoms with Gasteiger partial charge in [0.2, 0.25) is 0 Å². The number of nitrogens with one attached hydrogen (secondary N) is 1. The van der Waals surface area contributed by atoms with Gasteiger partial charge in [-0.2, -0.15) is 18.3 Å². The van der Waals surface area contributed by atoms with Crippen LogP contribution in [0.4, 0.5) is 13.2 Å². The van der Waals surface area contributed by atoms with Gasteiger partial charge in [0.1, 0.15) is 11.3 Å². The Labute approximate surface area is 179 Å². The predicted octanol–water partition coefficient (Wildman–Crippen LogP) is 7.02. The molecule has 0 bridgehead atoms. The summed E-state index contributed by atoms with van der Waals surface area (Å²) in [4.78, 5) is 4.40. The average molecular weight is 421 g/mol. The Morgan fingerprint density at radius 1 is 0.903 bits per heavy atom. The maximum absolute atomic E-state index is 14.1. The Hall–Kier alpha value is -3.41. The fourth-order valence-electron chi connectivity index (χ4n) is 3.73. The second-order valence-electron chi connectivity index (χ2n) is 7.88. The molecule has 2 aromatic carbocycles. The largest absolute Gasteiger partial charge is 0.420 e. The maximum atomic E-state index is 14.1. The van der Waals surface area contributed by atoms with Gasteiger partial charge in [-0.3, -0.25) is 10.1 Å². The fraction of sp³-hybridized carbons (Fsp3) is 0.200. The lowest BCUT2D eigenvalue weighted by Gasteiger charge is -2.14. The molecule has 0 saturated heterocycles. The lowest BCUT2D eigenvalue weighted by atomic mass is 9.93. The van der Waals surface area contributed by atoms with Crippen LogP contribution in [0.5, 0.6) is 0 Å². The summed E-state index contributed by atoms with van der Waals surface area (Å²) in [6.45, 7) is 4.17. The van der Waals surface area contributed by atoms with E-state index in [0.29, 0.717) is 11.5 Å². The Morgan fingerprint density at radius 2 is 1.52 bits per heavy atom. The van der Waals surface area contributed by atoms with Gasteiger partial charge in [0.15, 0.2) is 0 Å². The van der Waals surface area contributed by atoms with Crippen LogP contribution in [-0.2, 0) is 12.6 Å². The number of aromatic amines is 1. The lowest BCUT2D eigenvalue weighted by molar-refractivity contribution is -0.136. The SMILES string of the molecule is CC(C)Cc1cc(-c2[nH]nc(-c3ccccc3)c2C(F)(F)F)ncc1-c1ccccc1. The quantitative estimate of drug-likeness (QED) is 0.376. The molecule has 0 aliphatic heterocycles. The molecule has 0 aliphatic rings. The predicted molar refractivity (Wildman–Crippen MR) is 116 cm³/mol. The number of benzene rings is 2. The first kappa shape index (κ1) is 20.8. The molecule has 0 amide bonds. The summed E-state index contributed by atoms with van der Waals surface area (Å²) >= 11 is 0. The standard InChI is InChI=1S/C25H22F3N3/c1-16(2)13-19-14-21(29-15-20(19)17-9-5-3-6-10-17)24-22(25(26,27)28)23(30-31-24)18-11-7-4-8-12-18/h3-12,14-16H,13H2,1-2H3,(H,30,31). The van der Waals surface area contributed by atoms with E-state index >= 15 is 0 Å². The summed E-state index contributed by atoms with van der Waals surface area (Å²) in [5.41, 5.74) is 2.47. The van der Waals surface area contributed by atoms with E-state index in [4.69, 9.17) is 0 Å². The summed E-state index contributed by atoms with van der Waals surface area (Å²) in [6, 6.07) is 19.9. The maximum Gasteiger partial charge on any atom is 0.420 e. The van der Waals surface area contributed by atoms with Gasteiger partial charge < -0.3 is 0 Å². The lowest BCUT2D eigenvalue weighted by Crippen LogP contribution is -2.08. The van der Waals surface area contributed by atoms with E-state index in [1.807, 2.05) is 30.3 Å². The van der Waals surface area contributed by atoms with Crippen LogP contribution in [0.2, 0.25) is 0 Å². The molecular weight excluding hydrogens is 399 g/mol. The first-order valence-corrected chi connectivity index (χ1v) is 10.1. The third-order valence-electron chi connectivity index (χ3n) is 5.06. The average Bonchev–Trinajstić information content (AvgIpc) is 3.20. The minimum atomic E-state index is -4.58. The number of aromatic nitrogens is 3. The minimum Gasteiger partial charge on any atom is -0.275 e. The van der Waals surface area contributed by atoms with Gasteiger partial charge in [-0.25, -0.2) is 0 Å². The second-order valence-corrected chi connectivity index (χ2v) is 7.88. The number of hydrogen-bond acceptors (Lipinski definition) is 2. The molecule has 2 heterocycles. The number of rotatable bonds is 5. The Kier molecular flexibility index (Phi) is 5.63. The molecule has 31 heavy (non-hydrogen) atoms.